The quantitative estimate of drug-likeness (QED) is 0.593. The number of anilines is 1. The van der Waals surface area contributed by atoms with Gasteiger partial charge in [0.2, 0.25) is 0 Å². The predicted octanol–water partition coefficient (Wildman–Crippen LogP) is 2.56. The van der Waals surface area contributed by atoms with Crippen LogP contribution >= 0.6 is 0 Å². The van der Waals surface area contributed by atoms with E-state index >= 15 is 0 Å². The summed E-state index contributed by atoms with van der Waals surface area (Å²) in [4.78, 5) is 8.22. The first-order valence-corrected chi connectivity index (χ1v) is 6.59. The van der Waals surface area contributed by atoms with E-state index in [0.717, 1.165) is 5.56 Å². The molecule has 6 nitrogen and oxygen atoms in total. The summed E-state index contributed by atoms with van der Waals surface area (Å²) < 4.78 is 14.7. The van der Waals surface area contributed by atoms with E-state index < -0.39 is 0 Å². The number of nitrogens with zero attached hydrogens (tertiary/aromatic N) is 5. The second kappa shape index (κ2) is 6.13. The Hall–Kier alpha value is -3.09. The first-order valence-electron chi connectivity index (χ1n) is 6.59. The maximum Gasteiger partial charge on any atom is 0.158 e. The van der Waals surface area contributed by atoms with Crippen molar-refractivity contribution < 1.29 is 4.39 Å². The van der Waals surface area contributed by atoms with E-state index in [9.17, 15) is 4.39 Å². The van der Waals surface area contributed by atoms with Crippen LogP contribution in [0.3, 0.4) is 0 Å². The molecular weight excluding hydrogens is 283 g/mol. The normalized spacial score (nSPS) is 11.0. The molecule has 0 aliphatic rings. The Morgan fingerprint density at radius 1 is 1.27 bits per heavy atom. The maximum atomic E-state index is 13.0. The lowest BCUT2D eigenvalue weighted by molar-refractivity contribution is 0.627. The van der Waals surface area contributed by atoms with Crippen LogP contribution in [0.5, 0.6) is 0 Å². The Kier molecular flexibility index (Phi) is 3.86. The van der Waals surface area contributed by atoms with Crippen molar-refractivity contribution in [2.45, 2.75) is 6.92 Å². The fraction of sp³-hybridized carbons (Fsp3) is 0.0667. The summed E-state index contributed by atoms with van der Waals surface area (Å²) in [5.41, 5.74) is 4.48. The number of rotatable bonds is 4. The molecule has 0 aliphatic carbocycles. The molecule has 1 aromatic carbocycles. The van der Waals surface area contributed by atoms with Gasteiger partial charge in [-0.15, -0.1) is 0 Å². The molecule has 0 bridgehead atoms. The first-order chi connectivity index (χ1) is 10.7. The Labute approximate surface area is 126 Å². The average Bonchev–Trinajstić information content (AvgIpc) is 2.94. The molecular formula is C15H13FN6. The third kappa shape index (κ3) is 3.32. The van der Waals surface area contributed by atoms with Crippen molar-refractivity contribution >= 4 is 12.0 Å². The minimum atomic E-state index is -0.303. The molecule has 0 fully saturated rings. The molecule has 0 atom stereocenters. The lowest BCUT2D eigenvalue weighted by Gasteiger charge is -2.02. The van der Waals surface area contributed by atoms with Crippen molar-refractivity contribution in [3.8, 4) is 5.82 Å². The van der Waals surface area contributed by atoms with Gasteiger partial charge in [-0.1, -0.05) is 12.1 Å². The van der Waals surface area contributed by atoms with Gasteiger partial charge in [-0.25, -0.2) is 19.0 Å². The summed E-state index contributed by atoms with van der Waals surface area (Å²) in [7, 11) is 0. The van der Waals surface area contributed by atoms with E-state index in [1.165, 1.54) is 24.7 Å². The zero-order chi connectivity index (χ0) is 15.4. The summed E-state index contributed by atoms with van der Waals surface area (Å²) in [6.07, 6.45) is 6.55. The lowest BCUT2D eigenvalue weighted by Crippen LogP contribution is -2.01. The van der Waals surface area contributed by atoms with Crippen LogP contribution in [-0.2, 0) is 0 Å². The lowest BCUT2D eigenvalue weighted by atomic mass is 10.2. The van der Waals surface area contributed by atoms with Crippen LogP contribution in [0.2, 0.25) is 0 Å². The van der Waals surface area contributed by atoms with Gasteiger partial charge >= 0.3 is 0 Å². The van der Waals surface area contributed by atoms with Gasteiger partial charge in [-0.3, -0.25) is 5.43 Å². The summed E-state index contributed by atoms with van der Waals surface area (Å²) in [5.74, 6) is 0.847. The number of hydrogen-bond donors (Lipinski definition) is 1. The van der Waals surface area contributed by atoms with Crippen LogP contribution in [0.4, 0.5) is 10.2 Å². The second-order valence-corrected chi connectivity index (χ2v) is 4.65. The van der Waals surface area contributed by atoms with Crippen LogP contribution in [0.15, 0.2) is 54.2 Å². The molecule has 110 valence electrons. The zero-order valence-corrected chi connectivity index (χ0v) is 11.8. The van der Waals surface area contributed by atoms with Crippen molar-refractivity contribution in [1.29, 1.82) is 0 Å². The fourth-order valence-electron chi connectivity index (χ4n) is 1.83. The van der Waals surface area contributed by atoms with E-state index in [1.54, 1.807) is 29.1 Å². The molecule has 22 heavy (non-hydrogen) atoms. The number of benzene rings is 1. The summed E-state index contributed by atoms with van der Waals surface area (Å²) >= 11 is 0. The van der Waals surface area contributed by atoms with Gasteiger partial charge in [0.25, 0.3) is 0 Å². The largest absolute Gasteiger partial charge is 0.261 e. The van der Waals surface area contributed by atoms with Crippen molar-refractivity contribution in [2.24, 2.45) is 5.10 Å². The number of nitrogens with one attached hydrogen (secondary N) is 1. The third-order valence-corrected chi connectivity index (χ3v) is 2.84. The van der Waals surface area contributed by atoms with E-state index in [2.05, 4.69) is 25.6 Å². The van der Waals surface area contributed by atoms with Gasteiger partial charge in [-0.2, -0.15) is 10.2 Å². The highest BCUT2D eigenvalue weighted by molar-refractivity contribution is 5.80. The average molecular weight is 296 g/mol. The van der Waals surface area contributed by atoms with Gasteiger partial charge in [0.05, 0.1) is 12.4 Å². The van der Waals surface area contributed by atoms with Gasteiger partial charge in [0, 0.05) is 12.3 Å². The molecule has 3 aromatic rings. The highest BCUT2D eigenvalue weighted by atomic mass is 19.1. The summed E-state index contributed by atoms with van der Waals surface area (Å²) in [5, 5.41) is 8.21. The maximum absolute atomic E-state index is 13.0. The smallest absolute Gasteiger partial charge is 0.158 e. The van der Waals surface area contributed by atoms with Gasteiger partial charge in [0.1, 0.15) is 12.1 Å². The number of hydrazone groups is 1. The standard InChI is InChI=1S/C15H13FN6/c1-11-7-20-22(9-11)15-6-14(17-10-18-15)21-19-8-12-3-2-4-13(16)5-12/h2-10H,1H3,(H,17,18,21)/b19-8+. The molecule has 0 saturated heterocycles. The highest BCUT2D eigenvalue weighted by Gasteiger charge is 2.01. The van der Waals surface area contributed by atoms with E-state index in [4.69, 9.17) is 0 Å². The van der Waals surface area contributed by atoms with Crippen LogP contribution < -0.4 is 5.43 Å². The predicted molar refractivity (Wildman–Crippen MR) is 81.5 cm³/mol. The number of hydrogen-bond acceptors (Lipinski definition) is 5. The van der Waals surface area contributed by atoms with Crippen molar-refractivity contribution in [2.75, 3.05) is 5.43 Å². The Bertz CT molecular complexity index is 811. The summed E-state index contributed by atoms with van der Waals surface area (Å²) in [6.45, 7) is 1.95. The van der Waals surface area contributed by atoms with Crippen molar-refractivity contribution in [3.05, 3.63) is 66.0 Å². The van der Waals surface area contributed by atoms with Crippen LogP contribution in [-0.4, -0.2) is 26.0 Å². The minimum Gasteiger partial charge on any atom is -0.261 e. The van der Waals surface area contributed by atoms with E-state index in [-0.39, 0.29) is 5.82 Å². The topological polar surface area (TPSA) is 68.0 Å². The van der Waals surface area contributed by atoms with E-state index in [1.807, 2.05) is 13.1 Å². The van der Waals surface area contributed by atoms with Gasteiger partial charge in [-0.05, 0) is 30.2 Å². The Morgan fingerprint density at radius 3 is 2.95 bits per heavy atom. The molecule has 0 saturated carbocycles. The molecule has 7 heteroatoms. The molecule has 0 unspecified atom stereocenters. The SMILES string of the molecule is Cc1cnn(-c2cc(N/N=C/c3cccc(F)c3)ncn2)c1. The number of aryl methyl sites for hydroxylation is 1. The minimum absolute atomic E-state index is 0.303. The Balaban J connectivity index is 1.73. The molecule has 2 aromatic heterocycles. The first kappa shape index (κ1) is 13.9. The molecule has 0 aliphatic heterocycles. The van der Waals surface area contributed by atoms with Crippen LogP contribution in [0, 0.1) is 12.7 Å². The third-order valence-electron chi connectivity index (χ3n) is 2.84. The molecule has 0 spiro atoms. The van der Waals surface area contributed by atoms with Crippen molar-refractivity contribution in [1.82, 2.24) is 19.7 Å². The molecule has 0 amide bonds. The Morgan fingerprint density at radius 2 is 2.18 bits per heavy atom. The van der Waals surface area contributed by atoms with Gasteiger partial charge in [0.15, 0.2) is 11.6 Å². The monoisotopic (exact) mass is 296 g/mol. The highest BCUT2D eigenvalue weighted by Crippen LogP contribution is 2.09. The number of halogens is 1. The summed E-state index contributed by atoms with van der Waals surface area (Å²) in [6, 6.07) is 7.87. The molecule has 3 rings (SSSR count). The van der Waals surface area contributed by atoms with Gasteiger partial charge < -0.3 is 0 Å². The number of aromatic nitrogens is 4. The molecule has 0 radical (unpaired) electrons. The molecule has 1 N–H and O–H groups in total. The fourth-order valence-corrected chi connectivity index (χ4v) is 1.83. The zero-order valence-electron chi connectivity index (χ0n) is 11.8. The van der Waals surface area contributed by atoms with E-state index in [0.29, 0.717) is 17.2 Å². The molecule has 2 heterocycles. The van der Waals surface area contributed by atoms with Crippen LogP contribution in [0.25, 0.3) is 5.82 Å². The van der Waals surface area contributed by atoms with Crippen LogP contribution in [0.1, 0.15) is 11.1 Å². The second-order valence-electron chi connectivity index (χ2n) is 4.65. The van der Waals surface area contributed by atoms with Crippen molar-refractivity contribution in [3.63, 3.8) is 0 Å².